The molecule has 0 aromatic heterocycles. The Hall–Kier alpha value is -1.29. The van der Waals surface area contributed by atoms with Crippen LogP contribution in [0.15, 0.2) is 41.2 Å². The molecule has 0 saturated carbocycles. The van der Waals surface area contributed by atoms with Crippen LogP contribution in [0.4, 0.5) is 0 Å². The number of nitrogens with zero attached hydrogens (tertiary/aromatic N) is 1. The van der Waals surface area contributed by atoms with Gasteiger partial charge in [-0.3, -0.25) is 0 Å². The first-order chi connectivity index (χ1) is 3.93. The van der Waals surface area contributed by atoms with E-state index in [0.717, 1.165) is 5.57 Å². The smallest absolute Gasteiger partial charge is 0.0391 e. The van der Waals surface area contributed by atoms with Crippen LogP contribution in [0.25, 0.3) is 0 Å². The third-order valence-corrected chi connectivity index (χ3v) is 0.813. The molecule has 0 radical (unpaired) electrons. The van der Waals surface area contributed by atoms with Crippen LogP contribution in [0.2, 0.25) is 0 Å². The predicted octanol–water partition coefficient (Wildman–Crippen LogP) is 1.45. The molecule has 0 spiro atoms. The number of allylic oxidation sites excluding steroid dienone is 3. The van der Waals surface area contributed by atoms with Crippen molar-refractivity contribution in [1.29, 1.82) is 0 Å². The Bertz CT molecular complexity index is 221. The quantitative estimate of drug-likeness (QED) is 0.445. The summed E-state index contributed by atoms with van der Waals surface area (Å²) in [5, 5.41) is 0. The lowest BCUT2D eigenvalue weighted by Gasteiger charge is -1.83. The van der Waals surface area contributed by atoms with Crippen molar-refractivity contribution in [3.63, 3.8) is 0 Å². The second kappa shape index (κ2) is 2.13. The normalized spacial score (nSPS) is 13.8. The summed E-state index contributed by atoms with van der Waals surface area (Å²) >= 11 is 0. The maximum absolute atomic E-state index is 3.66. The van der Waals surface area contributed by atoms with Crippen LogP contribution in [0, 0.1) is 0 Å². The van der Waals surface area contributed by atoms with Crippen LogP contribution in [0.3, 0.4) is 0 Å². The van der Waals surface area contributed by atoms with Gasteiger partial charge in [0, 0.05) is 17.6 Å². The summed E-state index contributed by atoms with van der Waals surface area (Å²) in [6.45, 7) is 3.55. The van der Waals surface area contributed by atoms with Crippen molar-refractivity contribution in [2.45, 2.75) is 0 Å². The van der Waals surface area contributed by atoms with Crippen LogP contribution in [-0.2, 0) is 0 Å². The molecule has 0 saturated heterocycles. The lowest BCUT2D eigenvalue weighted by atomic mass is 10.3. The summed E-state index contributed by atoms with van der Waals surface area (Å²) in [5.74, 6) is 2.57. The largest absolute Gasteiger partial charge is 0.206 e. The highest BCUT2D eigenvalue weighted by atomic mass is 14.6. The van der Waals surface area contributed by atoms with E-state index < -0.39 is 0 Å². The van der Waals surface area contributed by atoms with E-state index in [-0.39, 0.29) is 0 Å². The first-order valence-corrected chi connectivity index (χ1v) is 2.30. The topological polar surface area (TPSA) is 12.4 Å². The maximum Gasteiger partial charge on any atom is 0.0391 e. The van der Waals surface area contributed by atoms with Gasteiger partial charge >= 0.3 is 0 Å². The Morgan fingerprint density at radius 1 is 1.75 bits per heavy atom. The molecule has 1 heterocycles. The Kier molecular flexibility index (Phi) is 1.29. The van der Waals surface area contributed by atoms with Crippen LogP contribution >= 0.6 is 0 Å². The summed E-state index contributed by atoms with van der Waals surface area (Å²) < 4.78 is 0. The lowest BCUT2D eigenvalue weighted by molar-refractivity contribution is 1.55. The van der Waals surface area contributed by atoms with Gasteiger partial charge in [-0.2, -0.15) is 0 Å². The molecule has 0 fully saturated rings. The molecule has 0 bridgehead atoms. The van der Waals surface area contributed by atoms with Crippen molar-refractivity contribution in [2.24, 2.45) is 4.99 Å². The van der Waals surface area contributed by atoms with Crippen molar-refractivity contribution in [2.75, 3.05) is 0 Å². The molecule has 0 amide bonds. The fraction of sp³-hybridized carbons (Fsp3) is 0. The highest BCUT2D eigenvalue weighted by Gasteiger charge is 1.80. The highest BCUT2D eigenvalue weighted by molar-refractivity contribution is 5.57. The van der Waals surface area contributed by atoms with Gasteiger partial charge < -0.3 is 0 Å². The number of aliphatic imine (C=N–C) groups is 1. The van der Waals surface area contributed by atoms with Crippen molar-refractivity contribution < 1.29 is 0 Å². The van der Waals surface area contributed by atoms with Gasteiger partial charge in [-0.25, -0.2) is 4.99 Å². The summed E-state index contributed by atoms with van der Waals surface area (Å²) in [7, 11) is 0. The molecular weight excluding hydrogens is 98.1 g/mol. The molecule has 0 unspecified atom stereocenters. The fourth-order valence-corrected chi connectivity index (χ4v) is 0.412. The Balaban J connectivity index is 3.10. The van der Waals surface area contributed by atoms with Crippen LogP contribution < -0.4 is 0 Å². The van der Waals surface area contributed by atoms with Gasteiger partial charge in [-0.1, -0.05) is 12.7 Å². The molecule has 38 valence electrons. The first-order valence-electron chi connectivity index (χ1n) is 2.30. The third kappa shape index (κ3) is 0.855. The third-order valence-electron chi connectivity index (χ3n) is 0.813. The van der Waals surface area contributed by atoms with Gasteiger partial charge in [-0.15, -0.1) is 0 Å². The highest BCUT2D eigenvalue weighted by Crippen LogP contribution is 1.95. The summed E-state index contributed by atoms with van der Waals surface area (Å²) in [5.41, 5.74) is 3.69. The summed E-state index contributed by atoms with van der Waals surface area (Å²) in [6.07, 6.45) is 5.19. The van der Waals surface area contributed by atoms with E-state index in [9.17, 15) is 0 Å². The second-order valence-electron chi connectivity index (χ2n) is 1.34. The maximum atomic E-state index is 3.66. The van der Waals surface area contributed by atoms with E-state index in [0.29, 0.717) is 0 Å². The average molecular weight is 103 g/mol. The molecule has 0 aliphatic carbocycles. The Labute approximate surface area is 48.1 Å². The molecule has 1 heteroatoms. The number of hydrogen-bond donors (Lipinski definition) is 0. The van der Waals surface area contributed by atoms with Gasteiger partial charge in [0.25, 0.3) is 0 Å². The molecule has 1 aliphatic rings. The first kappa shape index (κ1) is 4.86. The van der Waals surface area contributed by atoms with Crippen molar-refractivity contribution in [1.82, 2.24) is 0 Å². The van der Waals surface area contributed by atoms with E-state index in [1.807, 2.05) is 6.08 Å². The van der Waals surface area contributed by atoms with E-state index in [4.69, 9.17) is 0 Å². The van der Waals surface area contributed by atoms with Gasteiger partial charge in [0.05, 0.1) is 0 Å². The monoisotopic (exact) mass is 103 g/mol. The summed E-state index contributed by atoms with van der Waals surface area (Å²) in [4.78, 5) is 3.66. The molecular formula is C7H5N. The van der Waals surface area contributed by atoms with E-state index in [2.05, 4.69) is 23.2 Å². The molecule has 0 aromatic rings. The Morgan fingerprint density at radius 3 is 3.00 bits per heavy atom. The minimum absolute atomic E-state index is 0.931. The van der Waals surface area contributed by atoms with Crippen molar-refractivity contribution >= 4 is 5.87 Å². The molecule has 1 rings (SSSR count). The van der Waals surface area contributed by atoms with E-state index in [1.54, 1.807) is 12.3 Å². The predicted molar refractivity (Wildman–Crippen MR) is 33.8 cm³/mol. The van der Waals surface area contributed by atoms with E-state index in [1.165, 1.54) is 0 Å². The van der Waals surface area contributed by atoms with E-state index >= 15 is 0 Å². The molecule has 0 atom stereocenters. The van der Waals surface area contributed by atoms with Crippen LogP contribution in [0.1, 0.15) is 0 Å². The minimum Gasteiger partial charge on any atom is -0.206 e. The molecule has 8 heavy (non-hydrogen) atoms. The van der Waals surface area contributed by atoms with Crippen LogP contribution in [-0.4, -0.2) is 5.87 Å². The van der Waals surface area contributed by atoms with Crippen molar-refractivity contribution in [3.8, 4) is 0 Å². The minimum atomic E-state index is 0.931. The zero-order valence-electron chi connectivity index (χ0n) is 4.39. The summed E-state index contributed by atoms with van der Waals surface area (Å²) in [6, 6.07) is 0. The van der Waals surface area contributed by atoms with Gasteiger partial charge in [-0.05, 0) is 11.8 Å². The van der Waals surface area contributed by atoms with Gasteiger partial charge in [0.2, 0.25) is 0 Å². The fourth-order valence-electron chi connectivity index (χ4n) is 0.412. The molecule has 1 aliphatic heterocycles. The second-order valence-corrected chi connectivity index (χ2v) is 1.34. The Morgan fingerprint density at radius 2 is 2.62 bits per heavy atom. The molecule has 0 N–H and O–H groups in total. The number of rotatable bonds is 1. The van der Waals surface area contributed by atoms with Crippen molar-refractivity contribution in [3.05, 3.63) is 36.2 Å². The van der Waals surface area contributed by atoms with Crippen LogP contribution in [0.5, 0.6) is 0 Å². The number of hydrogen-bond acceptors (Lipinski definition) is 1. The zero-order chi connectivity index (χ0) is 5.82. The molecule has 0 aromatic carbocycles. The zero-order valence-corrected chi connectivity index (χ0v) is 4.39. The van der Waals surface area contributed by atoms with Gasteiger partial charge in [0.1, 0.15) is 0 Å². The average Bonchev–Trinajstić information content (AvgIpc) is 1.90. The standard InChI is InChI=1S/C7H5N/c1-2-7-3-5-8-6-4-7/h2-3,5H,1H2. The SMILES string of the molecule is C=CC1=C=C=NC=C1. The van der Waals surface area contributed by atoms with Gasteiger partial charge in [0.15, 0.2) is 0 Å². The lowest BCUT2D eigenvalue weighted by Crippen LogP contribution is -1.68. The molecule has 1 nitrogen and oxygen atoms in total.